The summed E-state index contributed by atoms with van der Waals surface area (Å²) in [7, 11) is 0. The lowest BCUT2D eigenvalue weighted by molar-refractivity contribution is 0.0152. The van der Waals surface area contributed by atoms with E-state index in [0.29, 0.717) is 5.76 Å². The van der Waals surface area contributed by atoms with E-state index < -0.39 is 0 Å². The summed E-state index contributed by atoms with van der Waals surface area (Å²) in [5, 5.41) is 10.3. The van der Waals surface area contributed by atoms with Crippen LogP contribution in [0.3, 0.4) is 0 Å². The second-order valence-corrected chi connectivity index (χ2v) is 9.07. The molecule has 0 aromatic rings. The molecule has 0 fully saturated rings. The molecule has 0 aliphatic heterocycles. The average molecular weight is 264 g/mol. The highest BCUT2D eigenvalue weighted by atomic mass is 16.3. The summed E-state index contributed by atoms with van der Waals surface area (Å²) >= 11 is 0. The summed E-state index contributed by atoms with van der Waals surface area (Å²) in [5.41, 5.74) is 1.43. The van der Waals surface area contributed by atoms with Gasteiger partial charge in [-0.3, -0.25) is 0 Å². The second-order valence-electron chi connectivity index (χ2n) is 9.07. The van der Waals surface area contributed by atoms with Crippen molar-refractivity contribution in [3.8, 4) is 0 Å². The van der Waals surface area contributed by atoms with Gasteiger partial charge in [0.1, 0.15) is 5.76 Å². The van der Waals surface area contributed by atoms with Crippen LogP contribution in [0.4, 0.5) is 0 Å². The molecular formula is C18H32O. The fourth-order valence-electron chi connectivity index (χ4n) is 3.52. The highest BCUT2D eigenvalue weighted by Gasteiger charge is 2.50. The molecule has 0 saturated heterocycles. The van der Waals surface area contributed by atoms with E-state index in [4.69, 9.17) is 0 Å². The van der Waals surface area contributed by atoms with Crippen LogP contribution in [0.2, 0.25) is 0 Å². The van der Waals surface area contributed by atoms with Gasteiger partial charge < -0.3 is 5.11 Å². The van der Waals surface area contributed by atoms with E-state index in [9.17, 15) is 5.11 Å². The van der Waals surface area contributed by atoms with Crippen LogP contribution >= 0.6 is 0 Å². The molecular weight excluding hydrogens is 232 g/mol. The molecule has 0 saturated carbocycles. The van der Waals surface area contributed by atoms with Gasteiger partial charge in [0.25, 0.3) is 0 Å². The van der Waals surface area contributed by atoms with E-state index in [1.807, 2.05) is 6.08 Å². The number of allylic oxidation sites excluding steroid dienone is 3. The van der Waals surface area contributed by atoms with Gasteiger partial charge in [0.2, 0.25) is 0 Å². The number of rotatable bonds is 0. The Kier molecular flexibility index (Phi) is 3.78. The number of hydrogen-bond acceptors (Lipinski definition) is 1. The summed E-state index contributed by atoms with van der Waals surface area (Å²) in [6.07, 6.45) is 5.30. The Morgan fingerprint density at radius 1 is 0.895 bits per heavy atom. The highest BCUT2D eigenvalue weighted by molar-refractivity contribution is 5.38. The molecule has 1 heteroatoms. The largest absolute Gasteiger partial charge is 0.508 e. The Bertz CT molecular complexity index is 388. The third-order valence-electron chi connectivity index (χ3n) is 4.77. The summed E-state index contributed by atoms with van der Waals surface area (Å²) in [6, 6.07) is 0. The number of aliphatic hydroxyl groups is 1. The predicted molar refractivity (Wildman–Crippen MR) is 84.2 cm³/mol. The standard InChI is InChI=1S/C18H32O/c1-15(2,3)13-12-18(16(4,5)6,17(7,8)9)11-10-14(13)19/h10,12,19H,11H2,1-9H3. The van der Waals surface area contributed by atoms with Crippen LogP contribution in [0.15, 0.2) is 23.5 Å². The number of aliphatic hydroxyl groups excluding tert-OH is 1. The maximum atomic E-state index is 10.3. The molecule has 0 unspecified atom stereocenters. The van der Waals surface area contributed by atoms with Crippen molar-refractivity contribution in [3.05, 3.63) is 23.5 Å². The summed E-state index contributed by atoms with van der Waals surface area (Å²) in [4.78, 5) is 0. The van der Waals surface area contributed by atoms with Crippen molar-refractivity contribution in [2.75, 3.05) is 0 Å². The maximum Gasteiger partial charge on any atom is 0.115 e. The van der Waals surface area contributed by atoms with Gasteiger partial charge in [0, 0.05) is 5.41 Å². The molecule has 0 atom stereocenters. The molecule has 1 rings (SSSR count). The molecule has 1 N–H and O–H groups in total. The van der Waals surface area contributed by atoms with Gasteiger partial charge in [-0.15, -0.1) is 0 Å². The molecule has 1 aliphatic carbocycles. The fourth-order valence-corrected chi connectivity index (χ4v) is 3.52. The van der Waals surface area contributed by atoms with Crippen molar-refractivity contribution in [2.45, 2.75) is 68.7 Å². The minimum atomic E-state index is -0.0250. The van der Waals surface area contributed by atoms with E-state index >= 15 is 0 Å². The zero-order chi connectivity index (χ0) is 15.3. The molecule has 0 aromatic carbocycles. The van der Waals surface area contributed by atoms with E-state index in [-0.39, 0.29) is 21.7 Å². The lowest BCUT2D eigenvalue weighted by Gasteiger charge is -2.54. The van der Waals surface area contributed by atoms with Gasteiger partial charge in [-0.05, 0) is 34.3 Å². The van der Waals surface area contributed by atoms with Crippen LogP contribution in [0, 0.1) is 21.7 Å². The van der Waals surface area contributed by atoms with Crippen LogP contribution in [0.1, 0.15) is 68.7 Å². The second kappa shape index (κ2) is 4.40. The molecule has 0 amide bonds. The minimum absolute atomic E-state index is 0.0250. The minimum Gasteiger partial charge on any atom is -0.508 e. The first kappa shape index (κ1) is 16.3. The lowest BCUT2D eigenvalue weighted by Crippen LogP contribution is -2.46. The summed E-state index contributed by atoms with van der Waals surface area (Å²) in [5.74, 6) is 0.469. The quantitative estimate of drug-likeness (QED) is 0.579. The van der Waals surface area contributed by atoms with Crippen molar-refractivity contribution in [3.63, 3.8) is 0 Å². The van der Waals surface area contributed by atoms with Crippen molar-refractivity contribution in [1.29, 1.82) is 0 Å². The van der Waals surface area contributed by atoms with Gasteiger partial charge in [-0.1, -0.05) is 68.4 Å². The molecule has 19 heavy (non-hydrogen) atoms. The van der Waals surface area contributed by atoms with Gasteiger partial charge in [0.15, 0.2) is 0 Å². The topological polar surface area (TPSA) is 20.2 Å². The zero-order valence-corrected chi connectivity index (χ0v) is 14.3. The van der Waals surface area contributed by atoms with E-state index in [1.54, 1.807) is 0 Å². The van der Waals surface area contributed by atoms with Gasteiger partial charge in [0.05, 0.1) is 0 Å². The van der Waals surface area contributed by atoms with E-state index in [1.165, 1.54) is 0 Å². The molecule has 1 aliphatic rings. The van der Waals surface area contributed by atoms with Crippen molar-refractivity contribution >= 4 is 0 Å². The summed E-state index contributed by atoms with van der Waals surface area (Å²) in [6.45, 7) is 20.4. The fraction of sp³-hybridized carbons (Fsp3) is 0.778. The third-order valence-corrected chi connectivity index (χ3v) is 4.77. The highest BCUT2D eigenvalue weighted by Crippen LogP contribution is 2.58. The van der Waals surface area contributed by atoms with Crippen LogP contribution in [-0.2, 0) is 0 Å². The molecule has 0 aromatic heterocycles. The Morgan fingerprint density at radius 3 is 1.63 bits per heavy atom. The molecule has 0 heterocycles. The molecule has 0 radical (unpaired) electrons. The monoisotopic (exact) mass is 264 g/mol. The Balaban J connectivity index is 3.51. The smallest absolute Gasteiger partial charge is 0.115 e. The first-order valence-electron chi connectivity index (χ1n) is 7.35. The van der Waals surface area contributed by atoms with Crippen LogP contribution in [0.5, 0.6) is 0 Å². The lowest BCUT2D eigenvalue weighted by atomic mass is 9.50. The van der Waals surface area contributed by atoms with E-state index in [0.717, 1.165) is 12.0 Å². The Hall–Kier alpha value is -0.720. The van der Waals surface area contributed by atoms with Crippen LogP contribution < -0.4 is 0 Å². The third kappa shape index (κ3) is 2.75. The van der Waals surface area contributed by atoms with E-state index in [2.05, 4.69) is 68.4 Å². The molecule has 1 nitrogen and oxygen atoms in total. The van der Waals surface area contributed by atoms with Gasteiger partial charge >= 0.3 is 0 Å². The van der Waals surface area contributed by atoms with Crippen LogP contribution in [-0.4, -0.2) is 5.11 Å². The van der Waals surface area contributed by atoms with Crippen molar-refractivity contribution in [1.82, 2.24) is 0 Å². The number of hydrogen-bond donors (Lipinski definition) is 1. The predicted octanol–water partition coefficient (Wildman–Crippen LogP) is 5.88. The Morgan fingerprint density at radius 2 is 1.32 bits per heavy atom. The Labute approximate surface area is 119 Å². The molecule has 0 bridgehead atoms. The maximum absolute atomic E-state index is 10.3. The van der Waals surface area contributed by atoms with Crippen molar-refractivity contribution < 1.29 is 5.11 Å². The normalized spacial score (nSPS) is 20.9. The molecule has 110 valence electrons. The average Bonchev–Trinajstić information content (AvgIpc) is 2.12. The first-order valence-corrected chi connectivity index (χ1v) is 7.35. The first-order chi connectivity index (χ1) is 8.22. The van der Waals surface area contributed by atoms with Gasteiger partial charge in [-0.2, -0.15) is 0 Å². The zero-order valence-electron chi connectivity index (χ0n) is 14.3. The van der Waals surface area contributed by atoms with Crippen LogP contribution in [0.25, 0.3) is 0 Å². The summed E-state index contributed by atoms with van der Waals surface area (Å²) < 4.78 is 0. The molecule has 0 spiro atoms. The SMILES string of the molecule is CC(C)(C)C1=CC(C(C)(C)C)(C(C)(C)C)CC=C1O. The van der Waals surface area contributed by atoms with Crippen molar-refractivity contribution in [2.24, 2.45) is 21.7 Å². The van der Waals surface area contributed by atoms with Gasteiger partial charge in [-0.25, -0.2) is 0 Å².